The van der Waals surface area contributed by atoms with E-state index >= 15 is 0 Å². The van der Waals surface area contributed by atoms with Crippen molar-refractivity contribution >= 4 is 37.4 Å². The van der Waals surface area contributed by atoms with Gasteiger partial charge in [0.15, 0.2) is 0 Å². The van der Waals surface area contributed by atoms with E-state index in [9.17, 15) is 48.3 Å². The largest absolute Gasteiger partial charge is 0.487 e. The van der Waals surface area contributed by atoms with E-state index in [0.29, 0.717) is 19.0 Å². The van der Waals surface area contributed by atoms with Crippen LogP contribution < -0.4 is 14.8 Å². The minimum absolute atomic E-state index is 0.0150. The van der Waals surface area contributed by atoms with Crippen molar-refractivity contribution < 1.29 is 57.8 Å². The number of ether oxygens (including phenoxy) is 2. The number of rotatable bonds is 10. The molecular weight excluding hydrogens is 658 g/mol. The Kier molecular flexibility index (Phi) is 9.37. The number of aromatic nitrogens is 2. The first-order valence-corrected chi connectivity index (χ1v) is 15.9. The molecule has 0 unspecified atom stereocenters. The number of nitrogens with zero attached hydrogens (tertiary/aromatic N) is 3. The SMILES string of the molecule is C[C@@H](Oc1cccc(S(=O)(=O)O)c1)[C@@H](C)Oc1nc(Nc2ccc([S@@](=O)(=NC(=O)C(F)(F)F)C3CC3)cc2)ncc1C(F)(F)F. The maximum Gasteiger partial charge on any atom is 0.474 e. The van der Waals surface area contributed by atoms with E-state index in [2.05, 4.69) is 19.6 Å². The molecule has 2 aromatic carbocycles. The fourth-order valence-electron chi connectivity index (χ4n) is 3.75. The number of amides is 1. The molecule has 244 valence electrons. The molecule has 0 radical (unpaired) electrons. The monoisotopic (exact) mass is 682 g/mol. The minimum atomic E-state index is -5.30. The van der Waals surface area contributed by atoms with Crippen LogP contribution >= 0.6 is 0 Å². The summed E-state index contributed by atoms with van der Waals surface area (Å²) in [6.45, 7) is 2.81. The molecule has 4 rings (SSSR count). The summed E-state index contributed by atoms with van der Waals surface area (Å²) in [5.41, 5.74) is -1.18. The molecule has 1 aliphatic rings. The molecule has 0 saturated heterocycles. The second kappa shape index (κ2) is 12.4. The highest BCUT2D eigenvalue weighted by molar-refractivity contribution is 7.94. The molecule has 1 amide bonds. The van der Waals surface area contributed by atoms with Crippen molar-refractivity contribution in [3.05, 3.63) is 60.3 Å². The van der Waals surface area contributed by atoms with Crippen molar-refractivity contribution in [3.63, 3.8) is 0 Å². The van der Waals surface area contributed by atoms with Crippen LogP contribution in [0.2, 0.25) is 0 Å². The first-order valence-electron chi connectivity index (χ1n) is 12.9. The molecule has 1 aromatic heterocycles. The van der Waals surface area contributed by atoms with Crippen molar-refractivity contribution in [2.45, 2.75) is 66.3 Å². The van der Waals surface area contributed by atoms with Gasteiger partial charge in [0.25, 0.3) is 10.1 Å². The summed E-state index contributed by atoms with van der Waals surface area (Å²) in [4.78, 5) is 18.3. The normalized spacial score (nSPS) is 16.6. The summed E-state index contributed by atoms with van der Waals surface area (Å²) >= 11 is 0. The van der Waals surface area contributed by atoms with Crippen molar-refractivity contribution in [2.75, 3.05) is 5.32 Å². The number of carbonyl (C=O) groups is 1. The maximum absolute atomic E-state index is 13.7. The fraction of sp³-hybridized carbons (Fsp3) is 0.346. The number of benzene rings is 2. The third-order valence-electron chi connectivity index (χ3n) is 6.33. The van der Waals surface area contributed by atoms with Crippen LogP contribution in [0, 0.1) is 0 Å². The molecule has 2 N–H and O–H groups in total. The van der Waals surface area contributed by atoms with Crippen LogP contribution in [0.4, 0.5) is 38.0 Å². The molecule has 19 heteroatoms. The van der Waals surface area contributed by atoms with E-state index in [0.717, 1.165) is 12.1 Å². The van der Waals surface area contributed by atoms with Crippen LogP contribution in [0.1, 0.15) is 32.3 Å². The number of alkyl halides is 6. The van der Waals surface area contributed by atoms with Crippen LogP contribution in [0.5, 0.6) is 11.6 Å². The van der Waals surface area contributed by atoms with Gasteiger partial charge >= 0.3 is 18.3 Å². The summed E-state index contributed by atoms with van der Waals surface area (Å²) in [6.07, 6.45) is -11.2. The average Bonchev–Trinajstić information content (AvgIpc) is 3.78. The highest BCUT2D eigenvalue weighted by Gasteiger charge is 2.43. The topological polar surface area (TPSA) is 157 Å². The van der Waals surface area contributed by atoms with E-state index in [1.165, 1.54) is 50.2 Å². The Labute approximate surface area is 252 Å². The Hall–Kier alpha value is -3.97. The van der Waals surface area contributed by atoms with Gasteiger partial charge in [-0.3, -0.25) is 9.35 Å². The lowest BCUT2D eigenvalue weighted by atomic mass is 10.2. The van der Waals surface area contributed by atoms with Gasteiger partial charge in [-0.15, -0.1) is 4.36 Å². The molecule has 0 spiro atoms. The second-order valence-electron chi connectivity index (χ2n) is 9.82. The van der Waals surface area contributed by atoms with Crippen LogP contribution in [-0.4, -0.2) is 56.7 Å². The number of hydrogen-bond donors (Lipinski definition) is 2. The van der Waals surface area contributed by atoms with Crippen LogP contribution in [-0.2, 0) is 30.8 Å². The van der Waals surface area contributed by atoms with Crippen LogP contribution in [0.15, 0.2) is 68.9 Å². The van der Waals surface area contributed by atoms with E-state index in [1.54, 1.807) is 0 Å². The lowest BCUT2D eigenvalue weighted by molar-refractivity contribution is -0.169. The zero-order valence-electron chi connectivity index (χ0n) is 23.2. The number of carbonyl (C=O) groups excluding carboxylic acids is 1. The average molecular weight is 683 g/mol. The molecule has 0 bridgehead atoms. The maximum atomic E-state index is 13.7. The first-order chi connectivity index (χ1) is 20.8. The highest BCUT2D eigenvalue weighted by atomic mass is 32.2. The summed E-state index contributed by atoms with van der Waals surface area (Å²) in [5, 5.41) is 1.89. The van der Waals surface area contributed by atoms with Crippen molar-refractivity contribution in [3.8, 4) is 11.6 Å². The van der Waals surface area contributed by atoms with Crippen molar-refractivity contribution in [1.29, 1.82) is 0 Å². The minimum Gasteiger partial charge on any atom is -0.487 e. The predicted octanol–water partition coefficient (Wildman–Crippen LogP) is 5.80. The molecule has 1 saturated carbocycles. The van der Waals surface area contributed by atoms with Crippen LogP contribution in [0.3, 0.4) is 0 Å². The molecule has 11 nitrogen and oxygen atoms in total. The van der Waals surface area contributed by atoms with Gasteiger partial charge in [0.05, 0.1) is 14.6 Å². The highest BCUT2D eigenvalue weighted by Crippen LogP contribution is 2.38. The third-order valence-corrected chi connectivity index (χ3v) is 9.94. The fourth-order valence-corrected chi connectivity index (χ4v) is 6.55. The Morgan fingerprint density at radius 3 is 2.16 bits per heavy atom. The predicted molar refractivity (Wildman–Crippen MR) is 146 cm³/mol. The lowest BCUT2D eigenvalue weighted by Crippen LogP contribution is -2.32. The number of nitrogens with one attached hydrogen (secondary N) is 1. The second-order valence-corrected chi connectivity index (χ2v) is 13.7. The van der Waals surface area contributed by atoms with Gasteiger partial charge in [-0.1, -0.05) is 6.07 Å². The van der Waals surface area contributed by atoms with Gasteiger partial charge in [-0.2, -0.15) is 39.7 Å². The summed E-state index contributed by atoms with van der Waals surface area (Å²) in [6, 6.07) is 9.64. The number of anilines is 2. The summed E-state index contributed by atoms with van der Waals surface area (Å²) < 4.78 is 139. The van der Waals surface area contributed by atoms with E-state index in [4.69, 9.17) is 9.47 Å². The zero-order chi connectivity index (χ0) is 33.4. The molecule has 1 aliphatic carbocycles. The molecular formula is C26H24F6N4O7S2. The lowest BCUT2D eigenvalue weighted by Gasteiger charge is -2.24. The molecule has 3 aromatic rings. The molecule has 45 heavy (non-hydrogen) atoms. The van der Waals surface area contributed by atoms with Crippen LogP contribution in [0.25, 0.3) is 0 Å². The summed E-state index contributed by atoms with van der Waals surface area (Å²) in [7, 11) is -8.27. The van der Waals surface area contributed by atoms with E-state index < -0.39 is 71.9 Å². The zero-order valence-corrected chi connectivity index (χ0v) is 24.8. The van der Waals surface area contributed by atoms with E-state index in [-0.39, 0.29) is 22.3 Å². The molecule has 3 atom stereocenters. The van der Waals surface area contributed by atoms with E-state index in [1.807, 2.05) is 0 Å². The van der Waals surface area contributed by atoms with Crippen molar-refractivity contribution in [2.24, 2.45) is 4.36 Å². The van der Waals surface area contributed by atoms with Crippen molar-refractivity contribution in [1.82, 2.24) is 9.97 Å². The van der Waals surface area contributed by atoms with Gasteiger partial charge in [0.2, 0.25) is 11.8 Å². The van der Waals surface area contributed by atoms with Gasteiger partial charge in [0, 0.05) is 28.1 Å². The number of halogens is 6. The Morgan fingerprint density at radius 1 is 0.978 bits per heavy atom. The Morgan fingerprint density at radius 2 is 1.60 bits per heavy atom. The standard InChI is InChI=1S/C26H24F6N4O7S2/c1-14(42-17-4-3-5-20(12-17)45(39,40)41)15(2)43-22-21(25(27,28)29)13-33-24(35-22)34-16-6-8-18(9-7-16)44(38,19-10-11-19)36-23(37)26(30,31)32/h3-9,12-15,19H,10-11H2,1-2H3,(H,33,34,35)(H,39,40,41)/t14-,15-,44+/m1/s1. The third kappa shape index (κ3) is 8.40. The number of hydrogen-bond acceptors (Lipinski definition) is 9. The van der Waals surface area contributed by atoms with Gasteiger partial charge in [0.1, 0.15) is 23.5 Å². The Balaban J connectivity index is 1.54. The molecule has 0 aliphatic heterocycles. The molecule has 1 fully saturated rings. The smallest absolute Gasteiger partial charge is 0.474 e. The van der Waals surface area contributed by atoms with Gasteiger partial charge < -0.3 is 14.8 Å². The first kappa shape index (κ1) is 33.9. The van der Waals surface area contributed by atoms with Gasteiger partial charge in [-0.25, -0.2) is 9.19 Å². The van der Waals surface area contributed by atoms with Gasteiger partial charge in [-0.05, 0) is 63.1 Å². The summed E-state index contributed by atoms with van der Waals surface area (Å²) in [5.74, 6) is -3.73. The molecule has 1 heterocycles. The Bertz CT molecular complexity index is 1810. The quantitative estimate of drug-likeness (QED) is 0.198.